The highest BCUT2D eigenvalue weighted by molar-refractivity contribution is 7.18. The molecule has 1 saturated heterocycles. The molecule has 0 spiro atoms. The predicted octanol–water partition coefficient (Wildman–Crippen LogP) is 3.38. The molecule has 1 amide bonds. The molecule has 1 N–H and O–H groups in total. The molecule has 0 saturated carbocycles. The first-order chi connectivity index (χ1) is 14.0. The Hall–Kier alpha value is -2.67. The van der Waals surface area contributed by atoms with Gasteiger partial charge in [-0.25, -0.2) is 4.98 Å². The minimum atomic E-state index is -0.0705. The number of anilines is 1. The van der Waals surface area contributed by atoms with Crippen LogP contribution in [0.1, 0.15) is 35.3 Å². The number of rotatable bonds is 6. The van der Waals surface area contributed by atoms with E-state index in [0.29, 0.717) is 18.5 Å². The summed E-state index contributed by atoms with van der Waals surface area (Å²) in [5, 5.41) is 3.62. The Balaban J connectivity index is 1.32. The number of hydrogen-bond donors (Lipinski definition) is 1. The molecule has 0 bridgehead atoms. The summed E-state index contributed by atoms with van der Waals surface area (Å²) in [4.78, 5) is 33.6. The standard InChI is InChI=1S/C22H26N4O2S/c1-15-16(2)29-21-20(15)22(28)26(14-24-21)12-9-19(27)23-13-17-5-7-18(8-6-17)25-10-3-4-11-25/h5-8,14H,3-4,9-13H2,1-2H3,(H,23,27). The topological polar surface area (TPSA) is 67.2 Å². The molecular formula is C22H26N4O2S. The van der Waals surface area contributed by atoms with Crippen molar-refractivity contribution in [1.82, 2.24) is 14.9 Å². The number of carbonyl (C=O) groups is 1. The highest BCUT2D eigenvalue weighted by Crippen LogP contribution is 2.25. The molecule has 2 aromatic heterocycles. The van der Waals surface area contributed by atoms with E-state index in [-0.39, 0.29) is 17.9 Å². The van der Waals surface area contributed by atoms with Gasteiger partial charge in [0.05, 0.1) is 11.7 Å². The maximum atomic E-state index is 12.7. The number of thiophene rings is 1. The third-order valence-electron chi connectivity index (χ3n) is 5.63. The van der Waals surface area contributed by atoms with E-state index < -0.39 is 0 Å². The molecule has 1 aliphatic heterocycles. The molecule has 4 rings (SSSR count). The molecule has 7 heteroatoms. The van der Waals surface area contributed by atoms with Crippen LogP contribution in [0.15, 0.2) is 35.4 Å². The van der Waals surface area contributed by atoms with Crippen molar-refractivity contribution in [3.8, 4) is 0 Å². The second kappa shape index (κ2) is 8.37. The minimum Gasteiger partial charge on any atom is -0.372 e. The van der Waals surface area contributed by atoms with E-state index in [1.165, 1.54) is 34.4 Å². The summed E-state index contributed by atoms with van der Waals surface area (Å²) in [6, 6.07) is 8.38. The van der Waals surface area contributed by atoms with Gasteiger partial charge in [0.15, 0.2) is 0 Å². The lowest BCUT2D eigenvalue weighted by atomic mass is 10.2. The molecule has 1 fully saturated rings. The lowest BCUT2D eigenvalue weighted by molar-refractivity contribution is -0.121. The van der Waals surface area contributed by atoms with Crippen LogP contribution in [0, 0.1) is 13.8 Å². The van der Waals surface area contributed by atoms with Gasteiger partial charge < -0.3 is 10.2 Å². The van der Waals surface area contributed by atoms with Crippen molar-refractivity contribution in [1.29, 1.82) is 0 Å². The number of fused-ring (bicyclic) bond motifs is 1. The monoisotopic (exact) mass is 410 g/mol. The number of hydrogen-bond acceptors (Lipinski definition) is 5. The molecular weight excluding hydrogens is 384 g/mol. The van der Waals surface area contributed by atoms with E-state index in [0.717, 1.165) is 33.9 Å². The number of carbonyl (C=O) groups excluding carboxylic acids is 1. The molecule has 29 heavy (non-hydrogen) atoms. The Morgan fingerprint density at radius 1 is 1.17 bits per heavy atom. The van der Waals surface area contributed by atoms with Crippen LogP contribution in [0.5, 0.6) is 0 Å². The van der Waals surface area contributed by atoms with E-state index >= 15 is 0 Å². The number of amides is 1. The van der Waals surface area contributed by atoms with E-state index in [1.54, 1.807) is 6.33 Å². The number of nitrogens with one attached hydrogen (secondary N) is 1. The first kappa shape index (κ1) is 19.6. The highest BCUT2D eigenvalue weighted by Gasteiger charge is 2.13. The van der Waals surface area contributed by atoms with Crippen LogP contribution in [-0.4, -0.2) is 28.5 Å². The van der Waals surface area contributed by atoms with Gasteiger partial charge in [-0.1, -0.05) is 12.1 Å². The lowest BCUT2D eigenvalue weighted by Crippen LogP contribution is -2.27. The fourth-order valence-electron chi connectivity index (χ4n) is 3.74. The third-order valence-corrected chi connectivity index (χ3v) is 6.75. The lowest BCUT2D eigenvalue weighted by Gasteiger charge is -2.17. The smallest absolute Gasteiger partial charge is 0.262 e. The molecule has 6 nitrogen and oxygen atoms in total. The molecule has 0 aliphatic carbocycles. The molecule has 0 atom stereocenters. The summed E-state index contributed by atoms with van der Waals surface area (Å²) in [6.45, 7) is 7.02. The van der Waals surface area contributed by atoms with Gasteiger partial charge in [-0.2, -0.15) is 0 Å². The Morgan fingerprint density at radius 2 is 1.90 bits per heavy atom. The molecule has 1 aliphatic rings. The maximum Gasteiger partial charge on any atom is 0.262 e. The largest absolute Gasteiger partial charge is 0.372 e. The van der Waals surface area contributed by atoms with E-state index in [1.807, 2.05) is 13.8 Å². The zero-order chi connectivity index (χ0) is 20.4. The quantitative estimate of drug-likeness (QED) is 0.677. The molecule has 1 aromatic carbocycles. The van der Waals surface area contributed by atoms with Crippen molar-refractivity contribution in [2.45, 2.75) is 46.2 Å². The van der Waals surface area contributed by atoms with Crippen LogP contribution in [-0.2, 0) is 17.9 Å². The average molecular weight is 411 g/mol. The van der Waals surface area contributed by atoms with E-state index in [2.05, 4.69) is 39.5 Å². The molecule has 0 unspecified atom stereocenters. The van der Waals surface area contributed by atoms with Crippen LogP contribution in [0.4, 0.5) is 5.69 Å². The number of aryl methyl sites for hydroxylation is 3. The summed E-state index contributed by atoms with van der Waals surface area (Å²) in [5.41, 5.74) is 3.24. The SMILES string of the molecule is Cc1sc2ncn(CCC(=O)NCc3ccc(N4CCCC4)cc3)c(=O)c2c1C. The predicted molar refractivity (Wildman–Crippen MR) is 118 cm³/mol. The first-order valence-electron chi connectivity index (χ1n) is 10.1. The van der Waals surface area contributed by atoms with Gasteiger partial charge in [-0.05, 0) is 49.9 Å². The average Bonchev–Trinajstić information content (AvgIpc) is 3.35. The van der Waals surface area contributed by atoms with E-state index in [9.17, 15) is 9.59 Å². The summed E-state index contributed by atoms with van der Waals surface area (Å²) in [7, 11) is 0. The van der Waals surface area contributed by atoms with Crippen molar-refractivity contribution >= 4 is 33.1 Å². The van der Waals surface area contributed by atoms with Crippen molar-refractivity contribution in [3.05, 3.63) is 57.0 Å². The Labute approximate surface area is 174 Å². The van der Waals surface area contributed by atoms with Crippen LogP contribution in [0.25, 0.3) is 10.2 Å². The Morgan fingerprint density at radius 3 is 2.62 bits per heavy atom. The molecule has 152 valence electrons. The van der Waals surface area contributed by atoms with Gasteiger partial charge in [0.25, 0.3) is 5.56 Å². The summed E-state index contributed by atoms with van der Waals surface area (Å²) in [5.74, 6) is -0.0705. The fourth-order valence-corrected chi connectivity index (χ4v) is 4.73. The van der Waals surface area contributed by atoms with E-state index in [4.69, 9.17) is 0 Å². The van der Waals surface area contributed by atoms with Crippen molar-refractivity contribution in [2.24, 2.45) is 0 Å². The zero-order valence-electron chi connectivity index (χ0n) is 16.9. The number of nitrogens with zero attached hydrogens (tertiary/aromatic N) is 3. The van der Waals surface area contributed by atoms with Crippen molar-refractivity contribution in [2.75, 3.05) is 18.0 Å². The van der Waals surface area contributed by atoms with Crippen LogP contribution in [0.2, 0.25) is 0 Å². The van der Waals surface area contributed by atoms with Gasteiger partial charge in [-0.3, -0.25) is 14.2 Å². The van der Waals surface area contributed by atoms with Crippen molar-refractivity contribution in [3.63, 3.8) is 0 Å². The second-order valence-corrected chi connectivity index (χ2v) is 8.80. The van der Waals surface area contributed by atoms with Crippen molar-refractivity contribution < 1.29 is 4.79 Å². The molecule has 3 heterocycles. The van der Waals surface area contributed by atoms with Crippen LogP contribution >= 0.6 is 11.3 Å². The summed E-state index contributed by atoms with van der Waals surface area (Å²) >= 11 is 1.53. The maximum absolute atomic E-state index is 12.7. The van der Waals surface area contributed by atoms with Crippen LogP contribution in [0.3, 0.4) is 0 Å². The zero-order valence-corrected chi connectivity index (χ0v) is 17.7. The molecule has 0 radical (unpaired) electrons. The summed E-state index contributed by atoms with van der Waals surface area (Å²) < 4.78 is 1.53. The van der Waals surface area contributed by atoms with Crippen LogP contribution < -0.4 is 15.8 Å². The first-order valence-corrected chi connectivity index (χ1v) is 10.9. The Kier molecular flexibility index (Phi) is 5.67. The van der Waals surface area contributed by atoms with Gasteiger partial charge >= 0.3 is 0 Å². The molecule has 3 aromatic rings. The third kappa shape index (κ3) is 4.19. The highest BCUT2D eigenvalue weighted by atomic mass is 32.1. The van der Waals surface area contributed by atoms with Gasteiger partial charge in [0, 0.05) is 43.2 Å². The number of benzene rings is 1. The number of aromatic nitrogens is 2. The Bertz CT molecular complexity index is 1080. The fraction of sp³-hybridized carbons (Fsp3) is 0.409. The second-order valence-electron chi connectivity index (χ2n) is 7.59. The van der Waals surface area contributed by atoms with Gasteiger partial charge in [0.2, 0.25) is 5.91 Å². The minimum absolute atomic E-state index is 0.0675. The normalized spacial score (nSPS) is 13.9. The van der Waals surface area contributed by atoms with Gasteiger partial charge in [-0.15, -0.1) is 11.3 Å². The summed E-state index contributed by atoms with van der Waals surface area (Å²) in [6.07, 6.45) is 4.31. The van der Waals surface area contributed by atoms with Gasteiger partial charge in [0.1, 0.15) is 4.83 Å².